The number of ketones is 1. The van der Waals surface area contributed by atoms with Crippen molar-refractivity contribution in [3.63, 3.8) is 0 Å². The third-order valence-electron chi connectivity index (χ3n) is 2.76. The number of carbonyl (C=O) groups is 1. The predicted molar refractivity (Wildman–Crippen MR) is 74.1 cm³/mol. The van der Waals surface area contributed by atoms with Crippen molar-refractivity contribution in [3.8, 4) is 0 Å². The first-order valence-electron chi connectivity index (χ1n) is 5.95. The maximum absolute atomic E-state index is 12.1. The summed E-state index contributed by atoms with van der Waals surface area (Å²) in [5.74, 6) is 1.07. The zero-order valence-electron chi connectivity index (χ0n) is 10.6. The highest BCUT2D eigenvalue weighted by atomic mass is 32.2. The van der Waals surface area contributed by atoms with Crippen molar-refractivity contribution in [2.45, 2.75) is 25.3 Å². The number of nitrogens with zero attached hydrogens (tertiary/aromatic N) is 2. The highest BCUT2D eigenvalue weighted by Gasteiger charge is 2.12. The predicted octanol–water partition coefficient (Wildman–Crippen LogP) is 3.19. The minimum atomic E-state index is 0.0788. The summed E-state index contributed by atoms with van der Waals surface area (Å²) >= 11 is 1.57. The summed E-state index contributed by atoms with van der Waals surface area (Å²) in [7, 11) is 0. The van der Waals surface area contributed by atoms with Crippen LogP contribution >= 0.6 is 11.8 Å². The smallest absolute Gasteiger partial charge is 0.208 e. The molecule has 0 N–H and O–H groups in total. The Balaban J connectivity index is 2.03. The number of rotatable bonds is 5. The summed E-state index contributed by atoms with van der Waals surface area (Å²) in [6.45, 7) is 4.84. The van der Waals surface area contributed by atoms with Crippen molar-refractivity contribution in [2.24, 2.45) is 0 Å². The zero-order valence-corrected chi connectivity index (χ0v) is 11.4. The van der Waals surface area contributed by atoms with Gasteiger partial charge in [-0.2, -0.15) is 0 Å². The van der Waals surface area contributed by atoms with Crippen LogP contribution in [0.25, 0.3) is 0 Å². The molecule has 0 fully saturated rings. The number of carbonyl (C=O) groups excluding carboxylic acids is 1. The van der Waals surface area contributed by atoms with E-state index in [1.807, 2.05) is 35.9 Å². The minimum absolute atomic E-state index is 0.0788. The molecule has 2 aromatic rings. The van der Waals surface area contributed by atoms with E-state index in [1.165, 1.54) is 5.56 Å². The molecular formula is C14H16N2OS. The second-order valence-corrected chi connectivity index (χ2v) is 5.03. The van der Waals surface area contributed by atoms with Gasteiger partial charge in [-0.1, -0.05) is 18.2 Å². The van der Waals surface area contributed by atoms with E-state index in [0.717, 1.165) is 11.4 Å². The molecule has 0 unspecified atom stereocenters. The maximum Gasteiger partial charge on any atom is 0.208 e. The number of hydrogen-bond acceptors (Lipinski definition) is 3. The summed E-state index contributed by atoms with van der Waals surface area (Å²) in [4.78, 5) is 17.3. The normalized spacial score (nSPS) is 10.6. The van der Waals surface area contributed by atoms with Crippen LogP contribution in [0.1, 0.15) is 23.1 Å². The molecule has 1 heterocycles. The Morgan fingerprint density at radius 2 is 2.17 bits per heavy atom. The fourth-order valence-corrected chi connectivity index (χ4v) is 2.63. The highest BCUT2D eigenvalue weighted by molar-refractivity contribution is 8.00. The fraction of sp³-hybridized carbons (Fsp3) is 0.286. The Kier molecular flexibility index (Phi) is 4.20. The van der Waals surface area contributed by atoms with Gasteiger partial charge in [0.15, 0.2) is 5.82 Å². The third kappa shape index (κ3) is 2.82. The highest BCUT2D eigenvalue weighted by Crippen LogP contribution is 2.22. The van der Waals surface area contributed by atoms with Gasteiger partial charge in [0.2, 0.25) is 5.78 Å². The monoisotopic (exact) mass is 260 g/mol. The molecule has 1 aromatic heterocycles. The summed E-state index contributed by atoms with van der Waals surface area (Å²) in [6.07, 6.45) is 3.51. The van der Waals surface area contributed by atoms with Crippen LogP contribution in [0.15, 0.2) is 41.6 Å². The number of imidazole rings is 1. The van der Waals surface area contributed by atoms with E-state index in [1.54, 1.807) is 18.0 Å². The lowest BCUT2D eigenvalue weighted by atomic mass is 10.2. The summed E-state index contributed by atoms with van der Waals surface area (Å²) in [5, 5.41) is 0. The molecule has 0 saturated carbocycles. The van der Waals surface area contributed by atoms with Gasteiger partial charge in [0.1, 0.15) is 0 Å². The van der Waals surface area contributed by atoms with Crippen LogP contribution in [0.5, 0.6) is 0 Å². The van der Waals surface area contributed by atoms with Crippen LogP contribution in [-0.2, 0) is 6.54 Å². The molecule has 0 radical (unpaired) electrons. The number of thioether (sulfide) groups is 1. The number of aromatic nitrogens is 2. The molecule has 0 atom stereocenters. The molecule has 0 spiro atoms. The topological polar surface area (TPSA) is 34.9 Å². The molecule has 3 nitrogen and oxygen atoms in total. The Morgan fingerprint density at radius 3 is 2.89 bits per heavy atom. The lowest BCUT2D eigenvalue weighted by Crippen LogP contribution is -2.11. The van der Waals surface area contributed by atoms with E-state index < -0.39 is 0 Å². The second kappa shape index (κ2) is 5.87. The van der Waals surface area contributed by atoms with Crippen molar-refractivity contribution < 1.29 is 4.79 Å². The van der Waals surface area contributed by atoms with Crippen molar-refractivity contribution >= 4 is 17.5 Å². The van der Waals surface area contributed by atoms with Crippen molar-refractivity contribution in [1.82, 2.24) is 9.55 Å². The van der Waals surface area contributed by atoms with E-state index >= 15 is 0 Å². The second-order valence-electron chi connectivity index (χ2n) is 4.01. The van der Waals surface area contributed by atoms with Gasteiger partial charge in [0, 0.05) is 23.8 Å². The molecule has 1 aromatic carbocycles. The van der Waals surface area contributed by atoms with Gasteiger partial charge in [-0.25, -0.2) is 4.98 Å². The first kappa shape index (κ1) is 12.9. The van der Waals surface area contributed by atoms with Crippen molar-refractivity contribution in [1.29, 1.82) is 0 Å². The Morgan fingerprint density at radius 1 is 1.39 bits per heavy atom. The largest absolute Gasteiger partial charge is 0.329 e. The van der Waals surface area contributed by atoms with Crippen molar-refractivity contribution in [2.75, 3.05) is 5.75 Å². The van der Waals surface area contributed by atoms with Gasteiger partial charge < -0.3 is 4.57 Å². The van der Waals surface area contributed by atoms with Crippen LogP contribution in [0.3, 0.4) is 0 Å². The van der Waals surface area contributed by atoms with Crippen LogP contribution in [0, 0.1) is 6.92 Å². The molecule has 18 heavy (non-hydrogen) atoms. The first-order chi connectivity index (χ1) is 8.72. The molecule has 0 aliphatic heterocycles. The molecule has 0 amide bonds. The van der Waals surface area contributed by atoms with Crippen LogP contribution in [0.2, 0.25) is 0 Å². The molecule has 0 aliphatic rings. The Hall–Kier alpha value is -1.55. The summed E-state index contributed by atoms with van der Waals surface area (Å²) in [5.41, 5.74) is 1.20. The van der Waals surface area contributed by atoms with Gasteiger partial charge >= 0.3 is 0 Å². The average molecular weight is 260 g/mol. The first-order valence-corrected chi connectivity index (χ1v) is 6.93. The number of hydrogen-bond donors (Lipinski definition) is 0. The van der Waals surface area contributed by atoms with Crippen LogP contribution in [-0.4, -0.2) is 21.1 Å². The van der Waals surface area contributed by atoms with E-state index in [2.05, 4.69) is 18.0 Å². The molecule has 0 bridgehead atoms. The van der Waals surface area contributed by atoms with E-state index in [0.29, 0.717) is 11.6 Å². The number of aryl methyl sites for hydroxylation is 2. The van der Waals surface area contributed by atoms with Gasteiger partial charge in [-0.15, -0.1) is 11.8 Å². The van der Waals surface area contributed by atoms with Gasteiger partial charge in [-0.3, -0.25) is 4.79 Å². The van der Waals surface area contributed by atoms with E-state index in [4.69, 9.17) is 0 Å². The summed E-state index contributed by atoms with van der Waals surface area (Å²) in [6, 6.07) is 8.09. The lowest BCUT2D eigenvalue weighted by Gasteiger charge is -2.05. The van der Waals surface area contributed by atoms with Crippen molar-refractivity contribution in [3.05, 3.63) is 48.0 Å². The molecular weight excluding hydrogens is 244 g/mol. The van der Waals surface area contributed by atoms with Crippen LogP contribution in [0.4, 0.5) is 0 Å². The molecule has 0 saturated heterocycles. The van der Waals surface area contributed by atoms with Gasteiger partial charge in [-0.05, 0) is 25.5 Å². The lowest BCUT2D eigenvalue weighted by molar-refractivity contribution is 0.100. The van der Waals surface area contributed by atoms with Crippen LogP contribution < -0.4 is 0 Å². The Labute approximate surface area is 111 Å². The molecule has 0 aliphatic carbocycles. The quantitative estimate of drug-likeness (QED) is 0.611. The minimum Gasteiger partial charge on any atom is -0.329 e. The molecule has 94 valence electrons. The Bertz CT molecular complexity index is 548. The van der Waals surface area contributed by atoms with E-state index in [-0.39, 0.29) is 5.78 Å². The average Bonchev–Trinajstić information content (AvgIpc) is 2.86. The van der Waals surface area contributed by atoms with Gasteiger partial charge in [0.05, 0.1) is 5.75 Å². The van der Waals surface area contributed by atoms with Gasteiger partial charge in [0.25, 0.3) is 0 Å². The standard InChI is InChI=1S/C14H16N2OS/c1-3-16-9-8-15-14(16)12(17)10-18-13-7-5-4-6-11(13)2/h4-9H,3,10H2,1-2H3. The number of benzene rings is 1. The fourth-order valence-electron chi connectivity index (χ4n) is 1.74. The van der Waals surface area contributed by atoms with E-state index in [9.17, 15) is 4.79 Å². The summed E-state index contributed by atoms with van der Waals surface area (Å²) < 4.78 is 1.88. The molecule has 4 heteroatoms. The third-order valence-corrected chi connectivity index (χ3v) is 3.93. The SMILES string of the molecule is CCn1ccnc1C(=O)CSc1ccccc1C. The molecule has 2 rings (SSSR count). The number of Topliss-reactive ketones (excluding diaryl/α,β-unsaturated/α-hetero) is 1. The zero-order chi connectivity index (χ0) is 13.0. The maximum atomic E-state index is 12.1.